The molecule has 1 aliphatic rings. The van der Waals surface area contributed by atoms with Gasteiger partial charge in [0.2, 0.25) is 0 Å². The van der Waals surface area contributed by atoms with Gasteiger partial charge in [-0.25, -0.2) is 0 Å². The second-order valence-corrected chi connectivity index (χ2v) is 6.64. The maximum absolute atomic E-state index is 12.2. The molecular formula is C13H19NO5S. The lowest BCUT2D eigenvalue weighted by Crippen LogP contribution is -2.25. The zero-order valence-electron chi connectivity index (χ0n) is 11.2. The van der Waals surface area contributed by atoms with Gasteiger partial charge in [-0.1, -0.05) is 19.1 Å². The number of rotatable bonds is 5. The topological polar surface area (TPSA) is 95.9 Å². The van der Waals surface area contributed by atoms with Crippen LogP contribution in [0, 0.1) is 5.92 Å². The first-order chi connectivity index (χ1) is 9.44. The molecule has 2 rings (SSSR count). The smallest absolute Gasteiger partial charge is 0.299 e. The number of aliphatic hydroxyl groups is 2. The van der Waals surface area contributed by atoms with Crippen molar-refractivity contribution in [1.29, 1.82) is 0 Å². The quantitative estimate of drug-likeness (QED) is 0.679. The van der Waals surface area contributed by atoms with Crippen molar-refractivity contribution in [2.75, 3.05) is 25.1 Å². The van der Waals surface area contributed by atoms with Gasteiger partial charge in [-0.3, -0.25) is 4.18 Å². The molecular weight excluding hydrogens is 282 g/mol. The summed E-state index contributed by atoms with van der Waals surface area (Å²) in [5.41, 5.74) is 1.51. The Balaban J connectivity index is 2.26. The van der Waals surface area contributed by atoms with E-state index in [4.69, 9.17) is 9.29 Å². The normalized spacial score (nSPS) is 20.1. The second-order valence-electron chi connectivity index (χ2n) is 5.06. The van der Waals surface area contributed by atoms with Gasteiger partial charge in [0, 0.05) is 6.54 Å². The SMILES string of the molecule is CC1CNc2c(cccc2S(=O)(=O)OCC(O)CO)C1. The summed E-state index contributed by atoms with van der Waals surface area (Å²) < 4.78 is 29.1. The van der Waals surface area contributed by atoms with E-state index < -0.39 is 29.4 Å². The van der Waals surface area contributed by atoms with Crippen molar-refractivity contribution in [3.63, 3.8) is 0 Å². The summed E-state index contributed by atoms with van der Waals surface area (Å²) in [4.78, 5) is 0.0760. The molecule has 0 saturated carbocycles. The Morgan fingerprint density at radius 2 is 2.25 bits per heavy atom. The highest BCUT2D eigenvalue weighted by molar-refractivity contribution is 7.87. The highest BCUT2D eigenvalue weighted by Gasteiger charge is 2.25. The van der Waals surface area contributed by atoms with Crippen molar-refractivity contribution >= 4 is 15.8 Å². The van der Waals surface area contributed by atoms with Gasteiger partial charge in [-0.2, -0.15) is 8.42 Å². The first-order valence-electron chi connectivity index (χ1n) is 6.48. The van der Waals surface area contributed by atoms with E-state index in [2.05, 4.69) is 12.2 Å². The zero-order chi connectivity index (χ0) is 14.8. The van der Waals surface area contributed by atoms with Crippen molar-refractivity contribution < 1.29 is 22.8 Å². The molecule has 3 N–H and O–H groups in total. The fourth-order valence-corrected chi connectivity index (χ4v) is 3.33. The molecule has 0 amide bonds. The Bertz CT molecular complexity index is 572. The number of hydrogen-bond donors (Lipinski definition) is 3. The predicted molar refractivity (Wildman–Crippen MR) is 74.0 cm³/mol. The van der Waals surface area contributed by atoms with Crippen molar-refractivity contribution in [1.82, 2.24) is 0 Å². The molecule has 0 aliphatic carbocycles. The Hall–Kier alpha value is -1.15. The third-order valence-corrected chi connectivity index (χ3v) is 4.53. The maximum atomic E-state index is 12.2. The largest absolute Gasteiger partial charge is 0.394 e. The standard InChI is InChI=1S/C13H19NO5S/c1-9-5-10-3-2-4-12(13(10)14-6-9)20(17,18)19-8-11(16)7-15/h2-4,9,11,14-16H,5-8H2,1H3. The molecule has 0 spiro atoms. The van der Waals surface area contributed by atoms with Crippen LogP contribution in [0.1, 0.15) is 12.5 Å². The third-order valence-electron chi connectivity index (χ3n) is 3.20. The minimum absolute atomic E-state index is 0.0760. The Morgan fingerprint density at radius 3 is 2.95 bits per heavy atom. The second kappa shape index (κ2) is 6.09. The summed E-state index contributed by atoms with van der Waals surface area (Å²) in [6.07, 6.45) is -0.400. The van der Waals surface area contributed by atoms with Gasteiger partial charge < -0.3 is 15.5 Å². The Labute approximate surface area is 118 Å². The fraction of sp³-hybridized carbons (Fsp3) is 0.538. The number of aliphatic hydroxyl groups excluding tert-OH is 2. The molecule has 1 aromatic rings. The van der Waals surface area contributed by atoms with Gasteiger partial charge in [-0.05, 0) is 24.0 Å². The molecule has 0 fully saturated rings. The van der Waals surface area contributed by atoms with E-state index in [0.717, 1.165) is 12.0 Å². The molecule has 20 heavy (non-hydrogen) atoms. The average Bonchev–Trinajstić information content (AvgIpc) is 2.43. The minimum atomic E-state index is -3.96. The summed E-state index contributed by atoms with van der Waals surface area (Å²) in [5, 5.41) is 21.0. The number of hydrogen-bond acceptors (Lipinski definition) is 6. The van der Waals surface area contributed by atoms with Gasteiger partial charge >= 0.3 is 0 Å². The lowest BCUT2D eigenvalue weighted by molar-refractivity contribution is 0.0557. The van der Waals surface area contributed by atoms with E-state index in [-0.39, 0.29) is 4.90 Å². The summed E-state index contributed by atoms with van der Waals surface area (Å²) in [6, 6.07) is 5.04. The number of fused-ring (bicyclic) bond motifs is 1. The van der Waals surface area contributed by atoms with Crippen molar-refractivity contribution in [3.05, 3.63) is 23.8 Å². The van der Waals surface area contributed by atoms with Crippen molar-refractivity contribution in [2.24, 2.45) is 5.92 Å². The number of anilines is 1. The van der Waals surface area contributed by atoms with E-state index in [0.29, 0.717) is 18.2 Å². The first kappa shape index (κ1) is 15.2. The van der Waals surface area contributed by atoms with Gasteiger partial charge in [0.25, 0.3) is 10.1 Å². The summed E-state index contributed by atoms with van der Waals surface area (Å²) in [7, 11) is -3.96. The van der Waals surface area contributed by atoms with E-state index in [9.17, 15) is 13.5 Å². The Morgan fingerprint density at radius 1 is 1.50 bits per heavy atom. The van der Waals surface area contributed by atoms with Crippen LogP contribution < -0.4 is 5.32 Å². The number of benzene rings is 1. The molecule has 0 aromatic heterocycles. The van der Waals surface area contributed by atoms with Crippen LogP contribution in [0.3, 0.4) is 0 Å². The molecule has 2 atom stereocenters. The molecule has 1 aliphatic heterocycles. The highest BCUT2D eigenvalue weighted by atomic mass is 32.2. The molecule has 0 bridgehead atoms. The fourth-order valence-electron chi connectivity index (χ4n) is 2.16. The summed E-state index contributed by atoms with van der Waals surface area (Å²) >= 11 is 0. The van der Waals surface area contributed by atoms with Gasteiger partial charge in [0.1, 0.15) is 11.0 Å². The van der Waals surface area contributed by atoms with Gasteiger partial charge in [0.15, 0.2) is 0 Å². The van der Waals surface area contributed by atoms with Crippen LogP contribution in [0.15, 0.2) is 23.1 Å². The zero-order valence-corrected chi connectivity index (χ0v) is 12.1. The predicted octanol–water partition coefficient (Wildman–Crippen LogP) is 0.349. The van der Waals surface area contributed by atoms with Crippen LogP contribution in [0.4, 0.5) is 5.69 Å². The molecule has 0 saturated heterocycles. The maximum Gasteiger partial charge on any atom is 0.299 e. The van der Waals surface area contributed by atoms with Crippen LogP contribution in [0.5, 0.6) is 0 Å². The lowest BCUT2D eigenvalue weighted by atomic mass is 9.96. The van der Waals surface area contributed by atoms with Crippen LogP contribution in [-0.4, -0.2) is 44.5 Å². The number of para-hydroxylation sites is 1. The van der Waals surface area contributed by atoms with Crippen molar-refractivity contribution in [2.45, 2.75) is 24.3 Å². The molecule has 112 valence electrons. The molecule has 7 heteroatoms. The number of nitrogens with one attached hydrogen (secondary N) is 1. The van der Waals surface area contributed by atoms with E-state index in [1.165, 1.54) is 6.07 Å². The van der Waals surface area contributed by atoms with E-state index >= 15 is 0 Å². The van der Waals surface area contributed by atoms with Gasteiger partial charge in [-0.15, -0.1) is 0 Å². The van der Waals surface area contributed by atoms with E-state index in [1.807, 2.05) is 6.07 Å². The highest BCUT2D eigenvalue weighted by Crippen LogP contribution is 2.32. The molecule has 0 radical (unpaired) electrons. The molecule has 1 aromatic carbocycles. The van der Waals surface area contributed by atoms with E-state index in [1.54, 1.807) is 6.07 Å². The first-order valence-corrected chi connectivity index (χ1v) is 7.89. The lowest BCUT2D eigenvalue weighted by Gasteiger charge is -2.25. The van der Waals surface area contributed by atoms with Crippen LogP contribution in [0.2, 0.25) is 0 Å². The van der Waals surface area contributed by atoms with Crippen LogP contribution >= 0.6 is 0 Å². The van der Waals surface area contributed by atoms with Gasteiger partial charge in [0.05, 0.1) is 18.9 Å². The molecule has 6 nitrogen and oxygen atoms in total. The average molecular weight is 301 g/mol. The summed E-state index contributed by atoms with van der Waals surface area (Å²) in [6.45, 7) is 1.79. The van der Waals surface area contributed by atoms with Crippen molar-refractivity contribution in [3.8, 4) is 0 Å². The van der Waals surface area contributed by atoms with Crippen LogP contribution in [-0.2, 0) is 20.7 Å². The molecule has 2 unspecified atom stereocenters. The molecule has 1 heterocycles. The minimum Gasteiger partial charge on any atom is -0.394 e. The Kier molecular flexibility index (Phi) is 4.64. The third kappa shape index (κ3) is 3.29. The monoisotopic (exact) mass is 301 g/mol. The summed E-state index contributed by atoms with van der Waals surface area (Å²) in [5.74, 6) is 0.442. The van der Waals surface area contributed by atoms with Crippen LogP contribution in [0.25, 0.3) is 0 Å².